The van der Waals surface area contributed by atoms with E-state index >= 15 is 0 Å². The summed E-state index contributed by atoms with van der Waals surface area (Å²) in [5.74, 6) is 0.197. The Morgan fingerprint density at radius 3 is 2.44 bits per heavy atom. The molecule has 0 bridgehead atoms. The number of unbranched alkanes of at least 4 members (excludes halogenated alkanes) is 2. The second kappa shape index (κ2) is 8.71. The minimum absolute atomic E-state index is 0.186. The largest absolute Gasteiger partial charge is 0.322 e. The highest BCUT2D eigenvalue weighted by atomic mass is 32.2. The van der Waals surface area contributed by atoms with E-state index in [2.05, 4.69) is 12.2 Å². The fourth-order valence-corrected chi connectivity index (χ4v) is 4.91. The summed E-state index contributed by atoms with van der Waals surface area (Å²) in [7, 11) is -3.22. The number of urea groups is 1. The molecule has 1 aliphatic rings. The third kappa shape index (κ3) is 4.78. The Morgan fingerprint density at radius 1 is 1.00 bits per heavy atom. The normalized spacial score (nSPS) is 15.8. The number of piperazine rings is 1. The molecular weight excluding hydrogens is 362 g/mol. The molecule has 3 rings (SSSR count). The number of amides is 2. The number of hydrogen-bond donors (Lipinski definition) is 1. The highest BCUT2D eigenvalue weighted by molar-refractivity contribution is 7.89. The zero-order valence-corrected chi connectivity index (χ0v) is 16.5. The fraction of sp³-hybridized carbons (Fsp3) is 0.450. The molecule has 0 atom stereocenters. The minimum atomic E-state index is -3.22. The Balaban J connectivity index is 1.58. The van der Waals surface area contributed by atoms with Crippen molar-refractivity contribution in [1.29, 1.82) is 0 Å². The molecule has 6 nitrogen and oxygen atoms in total. The molecule has 0 aliphatic carbocycles. The zero-order valence-electron chi connectivity index (χ0n) is 15.7. The van der Waals surface area contributed by atoms with Gasteiger partial charge >= 0.3 is 6.03 Å². The summed E-state index contributed by atoms with van der Waals surface area (Å²) < 4.78 is 26.3. The smallest absolute Gasteiger partial charge is 0.321 e. The van der Waals surface area contributed by atoms with Crippen molar-refractivity contribution in [1.82, 2.24) is 9.21 Å². The number of fused-ring (bicyclic) bond motifs is 1. The average molecular weight is 390 g/mol. The Kier molecular flexibility index (Phi) is 6.34. The molecule has 1 fully saturated rings. The van der Waals surface area contributed by atoms with E-state index in [1.807, 2.05) is 42.5 Å². The molecule has 2 amide bonds. The van der Waals surface area contributed by atoms with Gasteiger partial charge in [-0.1, -0.05) is 56.2 Å². The Bertz CT molecular complexity index is 885. The van der Waals surface area contributed by atoms with Crippen LogP contribution in [0.25, 0.3) is 10.8 Å². The molecule has 0 unspecified atom stereocenters. The maximum absolute atomic E-state index is 12.6. The van der Waals surface area contributed by atoms with Crippen LogP contribution in [0.4, 0.5) is 10.5 Å². The molecule has 0 spiro atoms. The van der Waals surface area contributed by atoms with Crippen LogP contribution in [0, 0.1) is 0 Å². The summed E-state index contributed by atoms with van der Waals surface area (Å²) in [4.78, 5) is 14.3. The molecule has 0 aromatic heterocycles. The van der Waals surface area contributed by atoms with Gasteiger partial charge in [-0.05, 0) is 17.9 Å². The molecule has 2 aromatic carbocycles. The molecule has 1 N–H and O–H groups in total. The van der Waals surface area contributed by atoms with Gasteiger partial charge in [0.1, 0.15) is 0 Å². The van der Waals surface area contributed by atoms with E-state index in [1.54, 1.807) is 4.90 Å². The highest BCUT2D eigenvalue weighted by Gasteiger charge is 2.28. The first-order valence-corrected chi connectivity index (χ1v) is 11.1. The Hall–Kier alpha value is -2.12. The van der Waals surface area contributed by atoms with Gasteiger partial charge in [0.15, 0.2) is 0 Å². The third-order valence-corrected chi connectivity index (χ3v) is 6.91. The van der Waals surface area contributed by atoms with Gasteiger partial charge in [-0.15, -0.1) is 0 Å². The van der Waals surface area contributed by atoms with Crippen LogP contribution in [0.1, 0.15) is 26.2 Å². The van der Waals surface area contributed by atoms with Crippen LogP contribution in [0.15, 0.2) is 42.5 Å². The average Bonchev–Trinajstić information content (AvgIpc) is 2.68. The molecule has 7 heteroatoms. The summed E-state index contributed by atoms with van der Waals surface area (Å²) >= 11 is 0. The predicted molar refractivity (Wildman–Crippen MR) is 109 cm³/mol. The van der Waals surface area contributed by atoms with Crippen molar-refractivity contribution in [3.63, 3.8) is 0 Å². The van der Waals surface area contributed by atoms with Crippen LogP contribution in [-0.2, 0) is 10.0 Å². The summed E-state index contributed by atoms with van der Waals surface area (Å²) in [6.07, 6.45) is 2.62. The van der Waals surface area contributed by atoms with Crippen molar-refractivity contribution < 1.29 is 13.2 Å². The lowest BCUT2D eigenvalue weighted by molar-refractivity contribution is 0.184. The quantitative estimate of drug-likeness (QED) is 0.769. The van der Waals surface area contributed by atoms with E-state index in [1.165, 1.54) is 4.31 Å². The second-order valence-electron chi connectivity index (χ2n) is 6.87. The third-order valence-electron chi connectivity index (χ3n) is 4.96. The van der Waals surface area contributed by atoms with Crippen LogP contribution in [0.2, 0.25) is 0 Å². The molecule has 0 saturated carbocycles. The van der Waals surface area contributed by atoms with Crippen LogP contribution >= 0.6 is 0 Å². The van der Waals surface area contributed by atoms with Crippen molar-refractivity contribution >= 4 is 32.5 Å². The first kappa shape index (κ1) is 19.6. The van der Waals surface area contributed by atoms with Crippen molar-refractivity contribution in [2.45, 2.75) is 26.2 Å². The van der Waals surface area contributed by atoms with Gasteiger partial charge in [-0.25, -0.2) is 13.2 Å². The number of sulfonamides is 1. The predicted octanol–water partition coefficient (Wildman–Crippen LogP) is 3.51. The molecule has 1 saturated heterocycles. The van der Waals surface area contributed by atoms with E-state index in [4.69, 9.17) is 0 Å². The number of nitrogens with one attached hydrogen (secondary N) is 1. The molecule has 1 aliphatic heterocycles. The molecule has 1 heterocycles. The summed E-state index contributed by atoms with van der Waals surface area (Å²) in [6, 6.07) is 13.5. The van der Waals surface area contributed by atoms with Gasteiger partial charge in [-0.3, -0.25) is 0 Å². The van der Waals surface area contributed by atoms with Crippen molar-refractivity contribution in [3.8, 4) is 0 Å². The van der Waals surface area contributed by atoms with Gasteiger partial charge < -0.3 is 10.2 Å². The van der Waals surface area contributed by atoms with Gasteiger partial charge in [0, 0.05) is 31.6 Å². The lowest BCUT2D eigenvalue weighted by Gasteiger charge is -2.34. The number of anilines is 1. The topological polar surface area (TPSA) is 69.7 Å². The maximum Gasteiger partial charge on any atom is 0.321 e. The zero-order chi connectivity index (χ0) is 19.3. The van der Waals surface area contributed by atoms with Gasteiger partial charge in [0.25, 0.3) is 0 Å². The first-order chi connectivity index (χ1) is 13.0. The van der Waals surface area contributed by atoms with E-state index in [-0.39, 0.29) is 11.8 Å². The Morgan fingerprint density at radius 2 is 1.70 bits per heavy atom. The lowest BCUT2D eigenvalue weighted by Crippen LogP contribution is -2.52. The van der Waals surface area contributed by atoms with Crippen LogP contribution < -0.4 is 5.32 Å². The van der Waals surface area contributed by atoms with Crippen LogP contribution in [0.5, 0.6) is 0 Å². The number of nitrogens with zero attached hydrogens (tertiary/aromatic N) is 2. The molecule has 2 aromatic rings. The summed E-state index contributed by atoms with van der Waals surface area (Å²) in [5.41, 5.74) is 0.771. The van der Waals surface area contributed by atoms with Crippen molar-refractivity contribution in [3.05, 3.63) is 42.5 Å². The monoisotopic (exact) mass is 389 g/mol. The van der Waals surface area contributed by atoms with Crippen LogP contribution in [0.3, 0.4) is 0 Å². The van der Waals surface area contributed by atoms with Crippen molar-refractivity contribution in [2.75, 3.05) is 37.2 Å². The Labute approximate surface area is 161 Å². The molecular formula is C20H27N3O3S. The fourth-order valence-electron chi connectivity index (χ4n) is 3.36. The van der Waals surface area contributed by atoms with Gasteiger partial charge in [0.2, 0.25) is 10.0 Å². The number of carbonyl (C=O) groups excluding carboxylic acids is 1. The van der Waals surface area contributed by atoms with Gasteiger partial charge in [-0.2, -0.15) is 4.31 Å². The van der Waals surface area contributed by atoms with E-state index < -0.39 is 10.0 Å². The number of rotatable bonds is 6. The number of carbonyl (C=O) groups is 1. The highest BCUT2D eigenvalue weighted by Crippen LogP contribution is 2.23. The number of hydrogen-bond acceptors (Lipinski definition) is 3. The van der Waals surface area contributed by atoms with Crippen LogP contribution in [-0.4, -0.2) is 55.6 Å². The first-order valence-electron chi connectivity index (χ1n) is 9.53. The number of benzene rings is 2. The van der Waals surface area contributed by atoms with E-state index in [9.17, 15) is 13.2 Å². The van der Waals surface area contributed by atoms with Crippen molar-refractivity contribution in [2.24, 2.45) is 0 Å². The lowest BCUT2D eigenvalue weighted by atomic mass is 10.1. The summed E-state index contributed by atoms with van der Waals surface area (Å²) in [5, 5.41) is 5.03. The molecule has 27 heavy (non-hydrogen) atoms. The van der Waals surface area contributed by atoms with E-state index in [0.717, 1.165) is 29.3 Å². The second-order valence-corrected chi connectivity index (χ2v) is 8.95. The molecule has 146 valence electrons. The SMILES string of the molecule is CCCCCS(=O)(=O)N1CCN(C(=O)Nc2cccc3ccccc23)CC1. The standard InChI is InChI=1S/C20H27N3O3S/c1-2-3-6-16-27(25,26)23-14-12-22(13-15-23)20(24)21-19-11-7-9-17-8-4-5-10-18(17)19/h4-5,7-11H,2-3,6,12-16H2,1H3,(H,21,24). The molecule has 0 radical (unpaired) electrons. The van der Waals surface area contributed by atoms with E-state index in [0.29, 0.717) is 32.6 Å². The van der Waals surface area contributed by atoms with Gasteiger partial charge in [0.05, 0.1) is 11.4 Å². The maximum atomic E-state index is 12.6. The minimum Gasteiger partial charge on any atom is -0.322 e. The summed E-state index contributed by atoms with van der Waals surface area (Å²) in [6.45, 7) is 3.59.